The number of nitrogens with zero attached hydrogens (tertiary/aromatic N) is 3. The van der Waals surface area contributed by atoms with Crippen molar-refractivity contribution < 1.29 is 14.4 Å². The fraction of sp³-hybridized carbons (Fsp3) is 0.500. The summed E-state index contributed by atoms with van der Waals surface area (Å²) in [6.07, 6.45) is 6.33. The van der Waals surface area contributed by atoms with Gasteiger partial charge in [-0.15, -0.1) is 0 Å². The number of rotatable bonds is 4. The van der Waals surface area contributed by atoms with E-state index < -0.39 is 5.91 Å². The Bertz CT molecular complexity index is 968. The summed E-state index contributed by atoms with van der Waals surface area (Å²) in [4.78, 5) is 51.8. The lowest BCUT2D eigenvalue weighted by molar-refractivity contribution is -0.128. The number of amides is 3. The molecule has 10 heteroatoms. The standard InChI is InChI=1S/C18H22N6O4/c25-10-23-6-4-11(5-7-23)14-8-15(26)20-16-13(9-19-24(14)16)18(28)22-21-17(27)12-2-1-3-12/h8-12H,1-7H2,(H,20,26)(H,21,27)(H,22,28). The number of H-pyrrole nitrogens is 1. The highest BCUT2D eigenvalue weighted by molar-refractivity contribution is 6.00. The fourth-order valence-electron chi connectivity index (χ4n) is 3.73. The normalized spacial score (nSPS) is 17.9. The fourth-order valence-corrected chi connectivity index (χ4v) is 3.73. The molecule has 28 heavy (non-hydrogen) atoms. The Labute approximate surface area is 160 Å². The van der Waals surface area contributed by atoms with Gasteiger partial charge in [0.05, 0.1) is 11.9 Å². The van der Waals surface area contributed by atoms with Gasteiger partial charge < -0.3 is 9.88 Å². The first kappa shape index (κ1) is 18.2. The monoisotopic (exact) mass is 386 g/mol. The Morgan fingerprint density at radius 2 is 1.93 bits per heavy atom. The molecule has 1 saturated heterocycles. The zero-order valence-electron chi connectivity index (χ0n) is 15.3. The molecule has 0 unspecified atom stereocenters. The smallest absolute Gasteiger partial charge is 0.275 e. The molecule has 2 aliphatic rings. The van der Waals surface area contributed by atoms with Gasteiger partial charge in [0.25, 0.3) is 11.5 Å². The zero-order valence-corrected chi connectivity index (χ0v) is 15.3. The summed E-state index contributed by atoms with van der Waals surface area (Å²) >= 11 is 0. The van der Waals surface area contributed by atoms with Crippen molar-refractivity contribution in [3.05, 3.63) is 33.9 Å². The van der Waals surface area contributed by atoms with E-state index in [0.29, 0.717) is 18.8 Å². The molecule has 148 valence electrons. The van der Waals surface area contributed by atoms with E-state index in [0.717, 1.165) is 38.5 Å². The van der Waals surface area contributed by atoms with Crippen molar-refractivity contribution in [3.8, 4) is 0 Å². The number of hydrogen-bond donors (Lipinski definition) is 3. The van der Waals surface area contributed by atoms with E-state index in [4.69, 9.17) is 0 Å². The molecule has 0 aromatic carbocycles. The minimum atomic E-state index is -0.536. The first-order valence-corrected chi connectivity index (χ1v) is 9.47. The summed E-state index contributed by atoms with van der Waals surface area (Å²) < 4.78 is 1.56. The van der Waals surface area contributed by atoms with Gasteiger partial charge in [0, 0.05) is 31.0 Å². The number of fused-ring (bicyclic) bond motifs is 1. The Balaban J connectivity index is 1.55. The maximum Gasteiger partial charge on any atom is 0.275 e. The SMILES string of the molecule is O=CN1CCC(c2cc(=O)[nH]c3c(C(=O)NNC(=O)C4CCC4)cnn23)CC1. The average molecular weight is 386 g/mol. The molecule has 1 saturated carbocycles. The van der Waals surface area contributed by atoms with Crippen LogP contribution < -0.4 is 16.4 Å². The van der Waals surface area contributed by atoms with Crippen LogP contribution in [0.2, 0.25) is 0 Å². The molecule has 3 amide bonds. The van der Waals surface area contributed by atoms with Gasteiger partial charge in [-0.2, -0.15) is 5.10 Å². The number of aromatic amines is 1. The molecule has 1 aliphatic heterocycles. The molecular formula is C18H22N6O4. The number of carbonyl (C=O) groups is 3. The molecule has 3 heterocycles. The molecule has 1 aliphatic carbocycles. The Hall–Kier alpha value is -3.17. The van der Waals surface area contributed by atoms with E-state index in [2.05, 4.69) is 20.9 Å². The van der Waals surface area contributed by atoms with Crippen molar-refractivity contribution in [1.82, 2.24) is 30.3 Å². The van der Waals surface area contributed by atoms with Crippen molar-refractivity contribution in [2.45, 2.75) is 38.0 Å². The second-order valence-electron chi connectivity index (χ2n) is 7.36. The van der Waals surface area contributed by atoms with E-state index in [-0.39, 0.29) is 34.5 Å². The van der Waals surface area contributed by atoms with Crippen LogP contribution in [0.3, 0.4) is 0 Å². The highest BCUT2D eigenvalue weighted by atomic mass is 16.2. The van der Waals surface area contributed by atoms with Crippen molar-refractivity contribution in [1.29, 1.82) is 0 Å². The third-order valence-electron chi connectivity index (χ3n) is 5.65. The van der Waals surface area contributed by atoms with Crippen LogP contribution in [-0.4, -0.2) is 50.8 Å². The summed E-state index contributed by atoms with van der Waals surface area (Å²) in [5.74, 6) is -0.721. The number of nitrogens with one attached hydrogen (secondary N) is 3. The number of hydrogen-bond acceptors (Lipinski definition) is 5. The molecule has 0 radical (unpaired) electrons. The molecule has 2 aromatic heterocycles. The van der Waals surface area contributed by atoms with E-state index in [1.54, 1.807) is 9.42 Å². The first-order valence-electron chi connectivity index (χ1n) is 9.47. The van der Waals surface area contributed by atoms with Gasteiger partial charge in [-0.05, 0) is 25.7 Å². The van der Waals surface area contributed by atoms with Crippen molar-refractivity contribution in [2.24, 2.45) is 5.92 Å². The quantitative estimate of drug-likeness (QED) is 0.500. The number of carbonyl (C=O) groups excluding carboxylic acids is 3. The predicted octanol–water partition coefficient (Wildman–Crippen LogP) is -0.0805. The zero-order chi connectivity index (χ0) is 19.7. The van der Waals surface area contributed by atoms with E-state index in [1.807, 2.05) is 0 Å². The lowest BCUT2D eigenvalue weighted by Crippen LogP contribution is -2.46. The highest BCUT2D eigenvalue weighted by Crippen LogP contribution is 2.27. The summed E-state index contributed by atoms with van der Waals surface area (Å²) in [7, 11) is 0. The minimum Gasteiger partial charge on any atom is -0.345 e. The van der Waals surface area contributed by atoms with E-state index in [1.165, 1.54) is 12.3 Å². The molecule has 10 nitrogen and oxygen atoms in total. The minimum absolute atomic E-state index is 0.0483. The van der Waals surface area contributed by atoms with Crippen LogP contribution >= 0.6 is 0 Å². The van der Waals surface area contributed by atoms with Crippen LogP contribution in [0.1, 0.15) is 54.1 Å². The average Bonchev–Trinajstić information content (AvgIpc) is 3.08. The number of likely N-dealkylation sites (tertiary alicyclic amines) is 1. The number of hydrazine groups is 1. The first-order chi connectivity index (χ1) is 13.6. The molecule has 0 bridgehead atoms. The molecule has 0 spiro atoms. The lowest BCUT2D eigenvalue weighted by Gasteiger charge is -2.29. The maximum absolute atomic E-state index is 12.5. The largest absolute Gasteiger partial charge is 0.345 e. The lowest BCUT2D eigenvalue weighted by atomic mass is 9.85. The van der Waals surface area contributed by atoms with Crippen molar-refractivity contribution in [2.75, 3.05) is 13.1 Å². The molecule has 2 aromatic rings. The van der Waals surface area contributed by atoms with Crippen LogP contribution in [0.25, 0.3) is 5.65 Å². The van der Waals surface area contributed by atoms with Gasteiger partial charge in [-0.1, -0.05) is 6.42 Å². The molecular weight excluding hydrogens is 364 g/mol. The molecule has 0 atom stereocenters. The van der Waals surface area contributed by atoms with Gasteiger partial charge in [0.1, 0.15) is 11.2 Å². The van der Waals surface area contributed by atoms with Gasteiger partial charge in [0.2, 0.25) is 12.3 Å². The van der Waals surface area contributed by atoms with Gasteiger partial charge in [-0.25, -0.2) is 4.52 Å². The second-order valence-corrected chi connectivity index (χ2v) is 7.36. The molecule has 2 fully saturated rings. The summed E-state index contributed by atoms with van der Waals surface area (Å²) in [6.45, 7) is 1.23. The Morgan fingerprint density at radius 1 is 1.18 bits per heavy atom. The van der Waals surface area contributed by atoms with Crippen LogP contribution in [-0.2, 0) is 9.59 Å². The van der Waals surface area contributed by atoms with Gasteiger partial charge in [-0.3, -0.25) is 30.0 Å². The number of aromatic nitrogens is 3. The van der Waals surface area contributed by atoms with Crippen molar-refractivity contribution >= 4 is 23.9 Å². The van der Waals surface area contributed by atoms with Crippen molar-refractivity contribution in [3.63, 3.8) is 0 Å². The third kappa shape index (κ3) is 3.37. The van der Waals surface area contributed by atoms with Gasteiger partial charge in [0.15, 0.2) is 0 Å². The maximum atomic E-state index is 12.5. The number of piperidine rings is 1. The summed E-state index contributed by atoms with van der Waals surface area (Å²) in [5.41, 5.74) is 5.68. The topological polar surface area (TPSA) is 129 Å². The highest BCUT2D eigenvalue weighted by Gasteiger charge is 2.27. The van der Waals surface area contributed by atoms with Crippen LogP contribution in [0.4, 0.5) is 0 Å². The summed E-state index contributed by atoms with van der Waals surface area (Å²) in [6, 6.07) is 1.49. The second kappa shape index (κ2) is 7.45. The van der Waals surface area contributed by atoms with Crippen LogP contribution in [0.15, 0.2) is 17.1 Å². The molecule has 3 N–H and O–H groups in total. The van der Waals surface area contributed by atoms with E-state index in [9.17, 15) is 19.2 Å². The van der Waals surface area contributed by atoms with Gasteiger partial charge >= 0.3 is 0 Å². The third-order valence-corrected chi connectivity index (χ3v) is 5.65. The van der Waals surface area contributed by atoms with Crippen LogP contribution in [0.5, 0.6) is 0 Å². The predicted molar refractivity (Wildman–Crippen MR) is 98.4 cm³/mol. The molecule has 4 rings (SSSR count). The van der Waals surface area contributed by atoms with E-state index >= 15 is 0 Å². The Morgan fingerprint density at radius 3 is 2.57 bits per heavy atom. The van der Waals surface area contributed by atoms with Crippen LogP contribution in [0, 0.1) is 5.92 Å². The summed E-state index contributed by atoms with van der Waals surface area (Å²) in [5, 5.41) is 4.27. The Kier molecular flexibility index (Phi) is 4.84.